The van der Waals surface area contributed by atoms with Gasteiger partial charge in [0.2, 0.25) is 0 Å². The number of aromatic nitrogens is 2. The van der Waals surface area contributed by atoms with E-state index in [0.29, 0.717) is 18.2 Å². The van der Waals surface area contributed by atoms with Gasteiger partial charge in [-0.25, -0.2) is 4.98 Å². The van der Waals surface area contributed by atoms with E-state index >= 15 is 0 Å². The maximum Gasteiger partial charge on any atom is 0.312 e. The Labute approximate surface area is 121 Å². The van der Waals surface area contributed by atoms with E-state index in [1.165, 1.54) is 0 Å². The van der Waals surface area contributed by atoms with E-state index in [9.17, 15) is 9.90 Å². The van der Waals surface area contributed by atoms with Crippen LogP contribution in [0.4, 0.5) is 5.69 Å². The summed E-state index contributed by atoms with van der Waals surface area (Å²) < 4.78 is 1.80. The molecule has 0 bridgehead atoms. The lowest BCUT2D eigenvalue weighted by Crippen LogP contribution is -2.25. The fourth-order valence-corrected chi connectivity index (χ4v) is 2.74. The normalized spacial score (nSPS) is 17.3. The van der Waals surface area contributed by atoms with Crippen molar-refractivity contribution < 1.29 is 9.90 Å². The molecule has 6 heteroatoms. The predicted octanol–water partition coefficient (Wildman–Crippen LogP) is 2.26. The Morgan fingerprint density at radius 3 is 2.90 bits per heavy atom. The number of carboxylic acid groups (broad SMARTS) is 1. The minimum Gasteiger partial charge on any atom is -0.481 e. The largest absolute Gasteiger partial charge is 0.481 e. The van der Waals surface area contributed by atoms with E-state index < -0.39 is 11.9 Å². The van der Waals surface area contributed by atoms with Gasteiger partial charge in [0.05, 0.1) is 12.7 Å². The number of carbonyl (C=O) groups is 1. The third-order valence-electron chi connectivity index (χ3n) is 3.71. The number of imidazole rings is 1. The molecule has 0 saturated heterocycles. The Morgan fingerprint density at radius 2 is 2.25 bits per heavy atom. The highest BCUT2D eigenvalue weighted by atomic mass is 35.5. The monoisotopic (exact) mass is 291 g/mol. The van der Waals surface area contributed by atoms with Crippen LogP contribution in [0.1, 0.15) is 17.3 Å². The highest BCUT2D eigenvalue weighted by molar-refractivity contribution is 6.29. The summed E-state index contributed by atoms with van der Waals surface area (Å²) in [5.41, 5.74) is 1.82. The van der Waals surface area contributed by atoms with E-state index in [1.807, 2.05) is 36.2 Å². The number of para-hydroxylation sites is 1. The summed E-state index contributed by atoms with van der Waals surface area (Å²) in [4.78, 5) is 17.7. The Morgan fingerprint density at radius 1 is 1.50 bits per heavy atom. The van der Waals surface area contributed by atoms with Crippen molar-refractivity contribution in [3.05, 3.63) is 47.0 Å². The Bertz CT molecular complexity index is 668. The molecular weight excluding hydrogens is 278 g/mol. The fraction of sp³-hybridized carbons (Fsp3) is 0.286. The Balaban J connectivity index is 1.92. The van der Waals surface area contributed by atoms with Crippen molar-refractivity contribution in [2.75, 3.05) is 11.4 Å². The first-order chi connectivity index (χ1) is 9.58. The van der Waals surface area contributed by atoms with Gasteiger partial charge in [-0.05, 0) is 11.6 Å². The molecule has 1 unspecified atom stereocenters. The molecule has 1 atom stereocenters. The molecule has 2 aromatic rings. The summed E-state index contributed by atoms with van der Waals surface area (Å²) in [6, 6.07) is 7.61. The first kappa shape index (κ1) is 13.0. The van der Waals surface area contributed by atoms with Crippen LogP contribution in [0, 0.1) is 0 Å². The second-order valence-corrected chi connectivity index (χ2v) is 5.27. The van der Waals surface area contributed by atoms with Gasteiger partial charge < -0.3 is 14.6 Å². The molecule has 0 fully saturated rings. The minimum atomic E-state index is -0.794. The number of carboxylic acids is 1. The lowest BCUT2D eigenvalue weighted by atomic mass is 10.0. The molecule has 2 heterocycles. The van der Waals surface area contributed by atoms with Crippen LogP contribution in [0.3, 0.4) is 0 Å². The van der Waals surface area contributed by atoms with Crippen molar-refractivity contribution >= 4 is 23.3 Å². The summed E-state index contributed by atoms with van der Waals surface area (Å²) in [6.45, 7) is 1.00. The SMILES string of the molecule is Cn1c(Cl)cnc1CN1CC(C(=O)O)c2ccccc21. The lowest BCUT2D eigenvalue weighted by Gasteiger charge is -2.19. The van der Waals surface area contributed by atoms with Gasteiger partial charge in [-0.1, -0.05) is 29.8 Å². The van der Waals surface area contributed by atoms with E-state index in [4.69, 9.17) is 11.6 Å². The molecule has 1 N–H and O–H groups in total. The van der Waals surface area contributed by atoms with E-state index in [2.05, 4.69) is 4.98 Å². The highest BCUT2D eigenvalue weighted by Gasteiger charge is 2.33. The number of nitrogens with zero attached hydrogens (tertiary/aromatic N) is 3. The quantitative estimate of drug-likeness (QED) is 0.942. The number of anilines is 1. The second-order valence-electron chi connectivity index (χ2n) is 4.89. The molecule has 1 aliphatic rings. The molecule has 1 aliphatic heterocycles. The number of aliphatic carboxylic acids is 1. The number of benzene rings is 1. The van der Waals surface area contributed by atoms with Crippen LogP contribution in [0.5, 0.6) is 0 Å². The zero-order valence-electron chi connectivity index (χ0n) is 11.0. The molecule has 20 heavy (non-hydrogen) atoms. The molecule has 3 rings (SSSR count). The van der Waals surface area contributed by atoms with Crippen LogP contribution in [0.25, 0.3) is 0 Å². The first-order valence-electron chi connectivity index (χ1n) is 6.30. The molecule has 1 aromatic heterocycles. The van der Waals surface area contributed by atoms with Crippen LogP contribution in [-0.4, -0.2) is 27.2 Å². The van der Waals surface area contributed by atoms with Gasteiger partial charge in [0.1, 0.15) is 16.9 Å². The molecule has 0 radical (unpaired) electrons. The second kappa shape index (κ2) is 4.83. The first-order valence-corrected chi connectivity index (χ1v) is 6.68. The summed E-state index contributed by atoms with van der Waals surface area (Å²) in [5, 5.41) is 9.91. The molecule has 104 valence electrons. The molecule has 0 saturated carbocycles. The van der Waals surface area contributed by atoms with Gasteiger partial charge in [-0.15, -0.1) is 0 Å². The van der Waals surface area contributed by atoms with Crippen LogP contribution in [0.15, 0.2) is 30.5 Å². The lowest BCUT2D eigenvalue weighted by molar-refractivity contribution is -0.138. The Hall–Kier alpha value is -2.01. The van der Waals surface area contributed by atoms with E-state index in [-0.39, 0.29) is 0 Å². The fourth-order valence-electron chi connectivity index (χ4n) is 2.59. The smallest absolute Gasteiger partial charge is 0.312 e. The van der Waals surface area contributed by atoms with Gasteiger partial charge in [-0.2, -0.15) is 0 Å². The van der Waals surface area contributed by atoms with Gasteiger partial charge in [0.25, 0.3) is 0 Å². The number of rotatable bonds is 3. The molecule has 0 spiro atoms. The predicted molar refractivity (Wildman–Crippen MR) is 76.1 cm³/mol. The number of halogens is 1. The van der Waals surface area contributed by atoms with Gasteiger partial charge in [0, 0.05) is 19.3 Å². The van der Waals surface area contributed by atoms with Crippen molar-refractivity contribution in [2.45, 2.75) is 12.5 Å². The van der Waals surface area contributed by atoms with Crippen LogP contribution in [-0.2, 0) is 18.4 Å². The Kier molecular flexibility index (Phi) is 3.14. The standard InChI is InChI=1S/C14H14ClN3O2/c1-17-12(15)6-16-13(17)8-18-7-10(14(19)20)9-4-2-3-5-11(9)18/h2-6,10H,7-8H2,1H3,(H,19,20). The maximum atomic E-state index is 11.4. The number of hydrogen-bond acceptors (Lipinski definition) is 3. The molecule has 5 nitrogen and oxygen atoms in total. The third-order valence-corrected chi connectivity index (χ3v) is 4.07. The van der Waals surface area contributed by atoms with Crippen molar-refractivity contribution in [2.24, 2.45) is 7.05 Å². The summed E-state index contributed by atoms with van der Waals surface area (Å²) in [5.74, 6) is -0.462. The van der Waals surface area contributed by atoms with Crippen molar-refractivity contribution in [1.82, 2.24) is 9.55 Å². The average Bonchev–Trinajstić information content (AvgIpc) is 2.95. The summed E-state index contributed by atoms with van der Waals surface area (Å²) in [6.07, 6.45) is 1.60. The maximum absolute atomic E-state index is 11.4. The number of fused-ring (bicyclic) bond motifs is 1. The van der Waals surface area contributed by atoms with Gasteiger partial charge >= 0.3 is 5.97 Å². The topological polar surface area (TPSA) is 58.4 Å². The van der Waals surface area contributed by atoms with Crippen molar-refractivity contribution in [3.8, 4) is 0 Å². The molecule has 0 amide bonds. The summed E-state index contributed by atoms with van der Waals surface area (Å²) in [7, 11) is 1.85. The zero-order valence-corrected chi connectivity index (χ0v) is 11.7. The summed E-state index contributed by atoms with van der Waals surface area (Å²) >= 11 is 5.98. The minimum absolute atomic E-state index is 0.457. The molecular formula is C14H14ClN3O2. The van der Waals surface area contributed by atoms with Gasteiger partial charge in [0.15, 0.2) is 0 Å². The van der Waals surface area contributed by atoms with Crippen molar-refractivity contribution in [1.29, 1.82) is 0 Å². The van der Waals surface area contributed by atoms with Crippen LogP contribution >= 0.6 is 11.6 Å². The van der Waals surface area contributed by atoms with Crippen molar-refractivity contribution in [3.63, 3.8) is 0 Å². The third kappa shape index (κ3) is 2.04. The van der Waals surface area contributed by atoms with Crippen LogP contribution in [0.2, 0.25) is 5.15 Å². The van der Waals surface area contributed by atoms with Crippen LogP contribution < -0.4 is 4.90 Å². The number of hydrogen-bond donors (Lipinski definition) is 1. The van der Waals surface area contributed by atoms with E-state index in [1.54, 1.807) is 10.8 Å². The van der Waals surface area contributed by atoms with E-state index in [0.717, 1.165) is 17.1 Å². The van der Waals surface area contributed by atoms with Gasteiger partial charge in [-0.3, -0.25) is 4.79 Å². The highest BCUT2D eigenvalue weighted by Crippen LogP contribution is 2.37. The zero-order chi connectivity index (χ0) is 14.3. The average molecular weight is 292 g/mol. The molecule has 1 aromatic carbocycles. The molecule has 0 aliphatic carbocycles.